The quantitative estimate of drug-likeness (QED) is 0.770. The SMILES string of the molecule is O=C(CCc1ccccc1O)N1CCN(S(=O)(=O)c2cccc(Cl)c2Cl)CC1. The Bertz CT molecular complexity index is 974. The molecule has 2 aromatic rings. The van der Waals surface area contributed by atoms with E-state index in [2.05, 4.69) is 0 Å². The zero-order valence-corrected chi connectivity index (χ0v) is 17.3. The molecule has 0 aliphatic carbocycles. The second-order valence-electron chi connectivity index (χ2n) is 6.47. The van der Waals surface area contributed by atoms with Crippen LogP contribution in [0.1, 0.15) is 12.0 Å². The number of sulfonamides is 1. The van der Waals surface area contributed by atoms with Crippen molar-refractivity contribution in [1.29, 1.82) is 0 Å². The average Bonchev–Trinajstić information content (AvgIpc) is 2.69. The maximum absolute atomic E-state index is 12.8. The Morgan fingerprint density at radius 2 is 1.68 bits per heavy atom. The van der Waals surface area contributed by atoms with Gasteiger partial charge in [0, 0.05) is 32.6 Å². The summed E-state index contributed by atoms with van der Waals surface area (Å²) in [6, 6.07) is 11.4. The van der Waals surface area contributed by atoms with Gasteiger partial charge in [-0.25, -0.2) is 8.42 Å². The Labute approximate surface area is 174 Å². The number of para-hydroxylation sites is 1. The van der Waals surface area contributed by atoms with Crippen molar-refractivity contribution in [1.82, 2.24) is 9.21 Å². The molecule has 0 radical (unpaired) electrons. The molecule has 2 aromatic carbocycles. The topological polar surface area (TPSA) is 77.9 Å². The summed E-state index contributed by atoms with van der Waals surface area (Å²) >= 11 is 12.0. The van der Waals surface area contributed by atoms with Gasteiger partial charge in [0.05, 0.1) is 10.0 Å². The Balaban J connectivity index is 1.60. The third-order valence-corrected chi connectivity index (χ3v) is 7.60. The van der Waals surface area contributed by atoms with E-state index in [0.29, 0.717) is 25.1 Å². The monoisotopic (exact) mass is 442 g/mol. The first-order chi connectivity index (χ1) is 13.3. The number of benzene rings is 2. The molecule has 9 heteroatoms. The van der Waals surface area contributed by atoms with Gasteiger partial charge in [-0.2, -0.15) is 4.31 Å². The molecule has 1 heterocycles. The lowest BCUT2D eigenvalue weighted by Crippen LogP contribution is -2.50. The smallest absolute Gasteiger partial charge is 0.244 e. The first kappa shape index (κ1) is 20.9. The molecule has 0 bridgehead atoms. The lowest BCUT2D eigenvalue weighted by Gasteiger charge is -2.34. The van der Waals surface area contributed by atoms with Gasteiger partial charge in [0.1, 0.15) is 10.6 Å². The minimum atomic E-state index is -3.78. The van der Waals surface area contributed by atoms with Crippen LogP contribution in [0, 0.1) is 0 Å². The van der Waals surface area contributed by atoms with Gasteiger partial charge in [0.15, 0.2) is 0 Å². The third kappa shape index (κ3) is 4.43. The summed E-state index contributed by atoms with van der Waals surface area (Å²) in [6.45, 7) is 0.981. The molecule has 1 aliphatic heterocycles. The fourth-order valence-electron chi connectivity index (χ4n) is 3.12. The minimum Gasteiger partial charge on any atom is -0.508 e. The van der Waals surface area contributed by atoms with Crippen LogP contribution in [0.2, 0.25) is 10.0 Å². The van der Waals surface area contributed by atoms with Gasteiger partial charge in [0.2, 0.25) is 15.9 Å². The lowest BCUT2D eigenvalue weighted by atomic mass is 10.1. The van der Waals surface area contributed by atoms with E-state index in [1.165, 1.54) is 16.4 Å². The molecule has 0 spiro atoms. The number of piperazine rings is 1. The van der Waals surface area contributed by atoms with Crippen LogP contribution >= 0.6 is 23.2 Å². The summed E-state index contributed by atoms with van der Waals surface area (Å²) in [5, 5.41) is 9.98. The van der Waals surface area contributed by atoms with Crippen molar-refractivity contribution in [3.8, 4) is 5.75 Å². The van der Waals surface area contributed by atoms with Crippen LogP contribution < -0.4 is 0 Å². The number of nitrogens with zero attached hydrogens (tertiary/aromatic N) is 2. The van der Waals surface area contributed by atoms with Gasteiger partial charge >= 0.3 is 0 Å². The Morgan fingerprint density at radius 3 is 2.36 bits per heavy atom. The fraction of sp³-hybridized carbons (Fsp3) is 0.316. The zero-order chi connectivity index (χ0) is 20.3. The van der Waals surface area contributed by atoms with Crippen LogP contribution in [-0.2, 0) is 21.2 Å². The van der Waals surface area contributed by atoms with Crippen LogP contribution in [0.15, 0.2) is 47.4 Å². The number of hydrogen-bond acceptors (Lipinski definition) is 4. The van der Waals surface area contributed by atoms with E-state index in [1.54, 1.807) is 29.2 Å². The normalized spacial score (nSPS) is 15.6. The van der Waals surface area contributed by atoms with Crippen LogP contribution in [0.3, 0.4) is 0 Å². The van der Waals surface area contributed by atoms with Crippen molar-refractivity contribution >= 4 is 39.1 Å². The van der Waals surface area contributed by atoms with Crippen molar-refractivity contribution in [3.63, 3.8) is 0 Å². The fourth-order valence-corrected chi connectivity index (χ4v) is 5.28. The summed E-state index contributed by atoms with van der Waals surface area (Å²) in [5.41, 5.74) is 0.715. The molecule has 0 aromatic heterocycles. The Hall–Kier alpha value is -1.80. The lowest BCUT2D eigenvalue weighted by molar-refractivity contribution is -0.132. The molecule has 1 aliphatic rings. The number of carbonyl (C=O) groups excluding carboxylic acids is 1. The van der Waals surface area contributed by atoms with Crippen molar-refractivity contribution in [2.75, 3.05) is 26.2 Å². The predicted molar refractivity (Wildman–Crippen MR) is 108 cm³/mol. The highest BCUT2D eigenvalue weighted by atomic mass is 35.5. The molecular formula is C19H20Cl2N2O4S. The number of carbonyl (C=O) groups is 1. The van der Waals surface area contributed by atoms with Crippen LogP contribution in [-0.4, -0.2) is 54.8 Å². The summed E-state index contributed by atoms with van der Waals surface area (Å²) in [4.78, 5) is 14.1. The molecule has 1 amide bonds. The molecule has 6 nitrogen and oxygen atoms in total. The summed E-state index contributed by atoms with van der Waals surface area (Å²) in [5.74, 6) is 0.103. The number of halogens is 2. The molecular weight excluding hydrogens is 423 g/mol. The molecule has 0 unspecified atom stereocenters. The van der Waals surface area contributed by atoms with E-state index in [9.17, 15) is 18.3 Å². The van der Waals surface area contributed by atoms with Crippen molar-refractivity contribution in [2.24, 2.45) is 0 Å². The maximum Gasteiger partial charge on any atom is 0.244 e. The van der Waals surface area contributed by atoms with Crippen molar-refractivity contribution < 1.29 is 18.3 Å². The average molecular weight is 443 g/mol. The number of aromatic hydroxyl groups is 1. The van der Waals surface area contributed by atoms with Gasteiger partial charge < -0.3 is 10.0 Å². The van der Waals surface area contributed by atoms with E-state index in [4.69, 9.17) is 23.2 Å². The Kier molecular flexibility index (Phi) is 6.50. The number of phenolic OH excluding ortho intramolecular Hbond substituents is 1. The molecule has 1 N–H and O–H groups in total. The number of hydrogen-bond donors (Lipinski definition) is 1. The van der Waals surface area contributed by atoms with Crippen LogP contribution in [0.25, 0.3) is 0 Å². The zero-order valence-electron chi connectivity index (χ0n) is 15.0. The van der Waals surface area contributed by atoms with E-state index in [-0.39, 0.29) is 46.1 Å². The minimum absolute atomic E-state index is 0.00495. The van der Waals surface area contributed by atoms with Crippen LogP contribution in [0.4, 0.5) is 0 Å². The first-order valence-corrected chi connectivity index (χ1v) is 11.0. The summed E-state index contributed by atoms with van der Waals surface area (Å²) in [7, 11) is -3.78. The number of rotatable bonds is 5. The van der Waals surface area contributed by atoms with Gasteiger partial charge in [-0.05, 0) is 30.2 Å². The molecule has 1 fully saturated rings. The maximum atomic E-state index is 12.8. The first-order valence-electron chi connectivity index (χ1n) is 8.79. The van der Waals surface area contributed by atoms with Gasteiger partial charge in [0.25, 0.3) is 0 Å². The van der Waals surface area contributed by atoms with Gasteiger partial charge in [-0.3, -0.25) is 4.79 Å². The third-order valence-electron chi connectivity index (χ3n) is 4.73. The van der Waals surface area contributed by atoms with Crippen molar-refractivity contribution in [2.45, 2.75) is 17.7 Å². The number of phenols is 1. The summed E-state index contributed by atoms with van der Waals surface area (Å²) < 4.78 is 27.0. The highest BCUT2D eigenvalue weighted by Crippen LogP contribution is 2.31. The van der Waals surface area contributed by atoms with Gasteiger partial charge in [-0.1, -0.05) is 47.5 Å². The molecule has 0 atom stereocenters. The highest BCUT2D eigenvalue weighted by molar-refractivity contribution is 7.89. The molecule has 0 saturated carbocycles. The van der Waals surface area contributed by atoms with Crippen LogP contribution in [0.5, 0.6) is 5.75 Å². The predicted octanol–water partition coefficient (Wildman–Crippen LogP) is 3.16. The van der Waals surface area contributed by atoms with Gasteiger partial charge in [-0.15, -0.1) is 0 Å². The standard InChI is InChI=1S/C19H20Cl2N2O4S/c20-15-5-3-7-17(19(15)21)28(26,27)23-12-10-22(11-13-23)18(25)9-8-14-4-1-2-6-16(14)24/h1-7,24H,8-13H2. The van der Waals surface area contributed by atoms with E-state index >= 15 is 0 Å². The second kappa shape index (κ2) is 8.69. The largest absolute Gasteiger partial charge is 0.508 e. The highest BCUT2D eigenvalue weighted by Gasteiger charge is 2.31. The van der Waals surface area contributed by atoms with E-state index < -0.39 is 10.0 Å². The molecule has 3 rings (SSSR count). The molecule has 28 heavy (non-hydrogen) atoms. The number of amides is 1. The Morgan fingerprint density at radius 1 is 1.00 bits per heavy atom. The number of aryl methyl sites for hydroxylation is 1. The molecule has 1 saturated heterocycles. The van der Waals surface area contributed by atoms with E-state index in [0.717, 1.165) is 0 Å². The van der Waals surface area contributed by atoms with E-state index in [1.807, 2.05) is 6.07 Å². The summed E-state index contributed by atoms with van der Waals surface area (Å²) in [6.07, 6.45) is 0.687. The second-order valence-corrected chi connectivity index (χ2v) is 9.16. The van der Waals surface area contributed by atoms with Crippen molar-refractivity contribution in [3.05, 3.63) is 58.1 Å². The molecule has 150 valence electrons.